The summed E-state index contributed by atoms with van der Waals surface area (Å²) in [5.74, 6) is -0.384. The van der Waals surface area contributed by atoms with Crippen molar-refractivity contribution < 1.29 is 4.39 Å². The lowest BCUT2D eigenvalue weighted by atomic mass is 10.0. The fraction of sp³-hybridized carbons (Fsp3) is 0.167. The summed E-state index contributed by atoms with van der Waals surface area (Å²) >= 11 is 0. The van der Waals surface area contributed by atoms with Crippen LogP contribution in [0.5, 0.6) is 0 Å². The smallest absolute Gasteiger partial charge is 0.263 e. The molecule has 0 spiro atoms. The van der Waals surface area contributed by atoms with Gasteiger partial charge < -0.3 is 5.73 Å². The van der Waals surface area contributed by atoms with Gasteiger partial charge in [-0.1, -0.05) is 24.3 Å². The Morgan fingerprint density at radius 2 is 1.86 bits per heavy atom. The Morgan fingerprint density at radius 1 is 1.14 bits per heavy atom. The van der Waals surface area contributed by atoms with Gasteiger partial charge in [-0.15, -0.1) is 0 Å². The average molecular weight is 296 g/mol. The highest BCUT2D eigenvalue weighted by Crippen LogP contribution is 2.22. The highest BCUT2D eigenvalue weighted by atomic mass is 19.1. The molecular formula is C18H17FN2O. The number of nitrogens with two attached hydrogens (primary N) is 1. The number of rotatable bonds is 2. The summed E-state index contributed by atoms with van der Waals surface area (Å²) in [5, 5.41) is 1.49. The summed E-state index contributed by atoms with van der Waals surface area (Å²) in [5.41, 5.74) is 7.90. The minimum absolute atomic E-state index is 0.173. The van der Waals surface area contributed by atoms with Crippen LogP contribution in [-0.4, -0.2) is 4.57 Å². The summed E-state index contributed by atoms with van der Waals surface area (Å²) in [6, 6.07) is 13.2. The van der Waals surface area contributed by atoms with E-state index >= 15 is 0 Å². The van der Waals surface area contributed by atoms with Gasteiger partial charge >= 0.3 is 0 Å². The summed E-state index contributed by atoms with van der Waals surface area (Å²) in [7, 11) is 0. The van der Waals surface area contributed by atoms with E-state index in [1.54, 1.807) is 12.1 Å². The Bertz CT molecular complexity index is 913. The molecule has 0 radical (unpaired) electrons. The number of nitrogens with zero attached hydrogens (tertiary/aromatic N) is 1. The first-order chi connectivity index (χ1) is 10.5. The molecule has 112 valence electrons. The second-order valence-electron chi connectivity index (χ2n) is 5.52. The molecule has 0 bridgehead atoms. The Kier molecular flexibility index (Phi) is 3.54. The second-order valence-corrected chi connectivity index (χ2v) is 5.52. The molecule has 0 aliphatic heterocycles. The fourth-order valence-corrected chi connectivity index (χ4v) is 2.77. The van der Waals surface area contributed by atoms with Crippen LogP contribution in [0.4, 0.5) is 4.39 Å². The maximum Gasteiger partial charge on any atom is 0.263 e. The third-order valence-electron chi connectivity index (χ3n) is 3.82. The lowest BCUT2D eigenvalue weighted by molar-refractivity contribution is 0.625. The van der Waals surface area contributed by atoms with Crippen molar-refractivity contribution in [1.82, 2.24) is 4.57 Å². The van der Waals surface area contributed by atoms with Crippen LogP contribution in [0.2, 0.25) is 0 Å². The molecule has 1 unspecified atom stereocenters. The zero-order chi connectivity index (χ0) is 15.9. The first-order valence-corrected chi connectivity index (χ1v) is 7.16. The lowest BCUT2D eigenvalue weighted by Crippen LogP contribution is -2.26. The summed E-state index contributed by atoms with van der Waals surface area (Å²) in [4.78, 5) is 13.0. The standard InChI is InChI=1S/C18H17FN2O/c1-11-5-3-6-13-9-16(12(2)20)21(18(22)17(11)13)15-8-4-7-14(19)10-15/h3-10,12H,20H2,1-2H3. The number of aryl methyl sites for hydroxylation is 1. The molecule has 3 rings (SSSR count). The van der Waals surface area contributed by atoms with Crippen molar-refractivity contribution in [3.63, 3.8) is 0 Å². The topological polar surface area (TPSA) is 48.0 Å². The van der Waals surface area contributed by atoms with Gasteiger partial charge in [0, 0.05) is 11.7 Å². The van der Waals surface area contributed by atoms with E-state index in [0.29, 0.717) is 16.8 Å². The van der Waals surface area contributed by atoms with Crippen LogP contribution in [0.3, 0.4) is 0 Å². The van der Waals surface area contributed by atoms with Crippen LogP contribution in [0.1, 0.15) is 24.2 Å². The molecule has 3 aromatic rings. The van der Waals surface area contributed by atoms with E-state index in [9.17, 15) is 9.18 Å². The molecule has 1 heterocycles. The molecule has 0 aliphatic rings. The van der Waals surface area contributed by atoms with Crippen molar-refractivity contribution >= 4 is 10.8 Å². The van der Waals surface area contributed by atoms with Crippen LogP contribution in [0.15, 0.2) is 53.3 Å². The average Bonchev–Trinajstić information content (AvgIpc) is 2.46. The first-order valence-electron chi connectivity index (χ1n) is 7.16. The van der Waals surface area contributed by atoms with E-state index in [1.807, 2.05) is 38.1 Å². The zero-order valence-corrected chi connectivity index (χ0v) is 12.5. The Labute approximate surface area is 127 Å². The molecule has 0 saturated carbocycles. The van der Waals surface area contributed by atoms with Gasteiger partial charge in [-0.3, -0.25) is 9.36 Å². The molecule has 0 fully saturated rings. The van der Waals surface area contributed by atoms with E-state index in [4.69, 9.17) is 5.73 Å². The lowest BCUT2D eigenvalue weighted by Gasteiger charge is -2.18. The molecule has 2 N–H and O–H groups in total. The maximum absolute atomic E-state index is 13.6. The van der Waals surface area contributed by atoms with Crippen molar-refractivity contribution in [1.29, 1.82) is 0 Å². The summed E-state index contributed by atoms with van der Waals surface area (Å²) in [6.07, 6.45) is 0. The van der Waals surface area contributed by atoms with Crippen molar-refractivity contribution in [3.05, 3.63) is 76.0 Å². The largest absolute Gasteiger partial charge is 0.323 e. The quantitative estimate of drug-likeness (QED) is 0.787. The predicted octanol–water partition coefficient (Wildman–Crippen LogP) is 3.46. The predicted molar refractivity (Wildman–Crippen MR) is 86.8 cm³/mol. The molecule has 22 heavy (non-hydrogen) atoms. The molecule has 3 nitrogen and oxygen atoms in total. The van der Waals surface area contributed by atoms with Crippen molar-refractivity contribution in [3.8, 4) is 5.69 Å². The third-order valence-corrected chi connectivity index (χ3v) is 3.82. The Balaban J connectivity index is 2.46. The molecule has 2 aromatic carbocycles. The van der Waals surface area contributed by atoms with Crippen LogP contribution in [0.25, 0.3) is 16.5 Å². The van der Waals surface area contributed by atoms with E-state index < -0.39 is 0 Å². The maximum atomic E-state index is 13.6. The number of hydrogen-bond acceptors (Lipinski definition) is 2. The van der Waals surface area contributed by atoms with Gasteiger partial charge in [-0.25, -0.2) is 4.39 Å². The molecular weight excluding hydrogens is 279 g/mol. The number of halogens is 1. The SMILES string of the molecule is Cc1cccc2cc(C(C)N)n(-c3cccc(F)c3)c(=O)c12. The van der Waals surface area contributed by atoms with Gasteiger partial charge in [0.1, 0.15) is 5.82 Å². The van der Waals surface area contributed by atoms with Crippen LogP contribution < -0.4 is 11.3 Å². The van der Waals surface area contributed by atoms with Crippen molar-refractivity contribution in [2.75, 3.05) is 0 Å². The molecule has 4 heteroatoms. The number of pyridine rings is 1. The molecule has 0 aliphatic carbocycles. The van der Waals surface area contributed by atoms with E-state index in [1.165, 1.54) is 16.7 Å². The van der Waals surface area contributed by atoms with Gasteiger partial charge in [0.2, 0.25) is 0 Å². The van der Waals surface area contributed by atoms with Crippen LogP contribution >= 0.6 is 0 Å². The monoisotopic (exact) mass is 296 g/mol. The number of benzene rings is 2. The molecule has 1 aromatic heterocycles. The summed E-state index contributed by atoms with van der Waals surface area (Å²) < 4.78 is 15.1. The zero-order valence-electron chi connectivity index (χ0n) is 12.5. The van der Waals surface area contributed by atoms with Gasteiger partial charge in [-0.05, 0) is 49.1 Å². The Morgan fingerprint density at radius 3 is 2.55 bits per heavy atom. The van der Waals surface area contributed by atoms with E-state index in [2.05, 4.69) is 0 Å². The summed E-state index contributed by atoms with van der Waals surface area (Å²) in [6.45, 7) is 3.71. The first kappa shape index (κ1) is 14.5. The van der Waals surface area contributed by atoms with E-state index in [0.717, 1.165) is 10.9 Å². The van der Waals surface area contributed by atoms with E-state index in [-0.39, 0.29) is 17.4 Å². The van der Waals surface area contributed by atoms with Gasteiger partial charge in [-0.2, -0.15) is 0 Å². The number of fused-ring (bicyclic) bond motifs is 1. The fourth-order valence-electron chi connectivity index (χ4n) is 2.77. The van der Waals surface area contributed by atoms with Crippen LogP contribution in [-0.2, 0) is 0 Å². The highest BCUT2D eigenvalue weighted by molar-refractivity contribution is 5.85. The van der Waals surface area contributed by atoms with Gasteiger partial charge in [0.05, 0.1) is 11.1 Å². The van der Waals surface area contributed by atoms with Gasteiger partial charge in [0.25, 0.3) is 5.56 Å². The molecule has 0 saturated heterocycles. The third kappa shape index (κ3) is 2.31. The second kappa shape index (κ2) is 5.39. The number of aromatic nitrogens is 1. The highest BCUT2D eigenvalue weighted by Gasteiger charge is 2.15. The Hall–Kier alpha value is -2.46. The van der Waals surface area contributed by atoms with Gasteiger partial charge in [0.15, 0.2) is 0 Å². The molecule has 0 amide bonds. The van der Waals surface area contributed by atoms with Crippen LogP contribution in [0, 0.1) is 12.7 Å². The van der Waals surface area contributed by atoms with Crippen molar-refractivity contribution in [2.24, 2.45) is 5.73 Å². The minimum atomic E-state index is -0.384. The minimum Gasteiger partial charge on any atom is -0.323 e. The normalized spacial score (nSPS) is 12.5. The number of hydrogen-bond donors (Lipinski definition) is 1. The molecule has 1 atom stereocenters. The van der Waals surface area contributed by atoms with Crippen molar-refractivity contribution in [2.45, 2.75) is 19.9 Å².